The molecule has 0 bridgehead atoms. The number of hydrogen-bond acceptors (Lipinski definition) is 5. The predicted molar refractivity (Wildman–Crippen MR) is 101 cm³/mol. The first-order valence-corrected chi connectivity index (χ1v) is 9.71. The maximum atomic E-state index is 12.6. The minimum absolute atomic E-state index is 0.190. The summed E-state index contributed by atoms with van der Waals surface area (Å²) in [6.07, 6.45) is 4.65. The van der Waals surface area contributed by atoms with E-state index < -0.39 is 11.9 Å². The molecule has 26 heavy (non-hydrogen) atoms. The van der Waals surface area contributed by atoms with Gasteiger partial charge in [0.15, 0.2) is 6.54 Å². The first kappa shape index (κ1) is 20.4. The van der Waals surface area contributed by atoms with E-state index in [9.17, 15) is 14.4 Å². The zero-order valence-corrected chi connectivity index (χ0v) is 16.7. The lowest BCUT2D eigenvalue weighted by atomic mass is 10.1. The van der Waals surface area contributed by atoms with Gasteiger partial charge in [-0.1, -0.05) is 0 Å². The van der Waals surface area contributed by atoms with Crippen LogP contribution in [0.15, 0.2) is 0 Å². The molecule has 0 radical (unpaired) electrons. The third kappa shape index (κ3) is 4.42. The van der Waals surface area contributed by atoms with E-state index in [-0.39, 0.29) is 23.0 Å². The molecule has 1 aliphatic carbocycles. The number of primary amides is 1. The predicted octanol–water partition coefficient (Wildman–Crippen LogP) is 2.29. The van der Waals surface area contributed by atoms with E-state index in [2.05, 4.69) is 19.4 Å². The summed E-state index contributed by atoms with van der Waals surface area (Å²) in [6, 6.07) is 0.469. The molecule has 1 fully saturated rings. The standard InChI is InChI=1S/C18H27N3O4S/c1-5-25-18(24)14-11(2)15(16(19)23)26-17(14)20-13(22)10-21(3,4)12-8-6-7-9-12/h12H,5-10H2,1-4H3,(H2-,19,20,22,23,24)/p+1. The third-order valence-corrected chi connectivity index (χ3v) is 6.19. The maximum absolute atomic E-state index is 12.6. The van der Waals surface area contributed by atoms with Crippen molar-refractivity contribution in [2.75, 3.05) is 32.6 Å². The SMILES string of the molecule is CCOC(=O)c1c(NC(=O)C[N+](C)(C)C2CCCC2)sc(C(N)=O)c1C. The number of hydrogen-bond donors (Lipinski definition) is 2. The van der Waals surface area contributed by atoms with E-state index in [0.717, 1.165) is 24.2 Å². The Morgan fingerprint density at radius 3 is 2.42 bits per heavy atom. The van der Waals surface area contributed by atoms with Crippen molar-refractivity contribution in [3.05, 3.63) is 16.0 Å². The molecule has 8 heteroatoms. The molecule has 0 unspecified atom stereocenters. The molecule has 2 rings (SSSR count). The summed E-state index contributed by atoms with van der Waals surface area (Å²) in [4.78, 5) is 36.8. The number of carbonyl (C=O) groups is 3. The average molecular weight is 383 g/mol. The number of esters is 1. The van der Waals surface area contributed by atoms with E-state index in [1.54, 1.807) is 13.8 Å². The van der Waals surface area contributed by atoms with Gasteiger partial charge >= 0.3 is 5.97 Å². The number of rotatable bonds is 7. The minimum atomic E-state index is -0.624. The normalized spacial score (nSPS) is 15.1. The van der Waals surface area contributed by atoms with Crippen molar-refractivity contribution >= 4 is 34.1 Å². The summed E-state index contributed by atoms with van der Waals surface area (Å²) in [5, 5.41) is 3.13. The second-order valence-corrected chi connectivity index (χ2v) is 8.29. The van der Waals surface area contributed by atoms with Crippen molar-refractivity contribution in [2.24, 2.45) is 5.73 Å². The van der Waals surface area contributed by atoms with Gasteiger partial charge in [0.1, 0.15) is 5.00 Å². The molecule has 2 amide bonds. The molecular formula is C18H28N3O4S+. The van der Waals surface area contributed by atoms with Crippen LogP contribution in [0.2, 0.25) is 0 Å². The quantitative estimate of drug-likeness (QED) is 0.558. The van der Waals surface area contributed by atoms with Crippen LogP contribution in [0, 0.1) is 6.92 Å². The van der Waals surface area contributed by atoms with E-state index in [1.807, 2.05) is 0 Å². The summed E-state index contributed by atoms with van der Waals surface area (Å²) in [5.41, 5.74) is 6.05. The number of carbonyl (C=O) groups excluding carboxylic acids is 3. The minimum Gasteiger partial charge on any atom is -0.462 e. The summed E-state index contributed by atoms with van der Waals surface area (Å²) in [6.45, 7) is 3.85. The number of likely N-dealkylation sites (N-methyl/N-ethyl adjacent to an activating group) is 1. The van der Waals surface area contributed by atoms with Gasteiger partial charge in [0.25, 0.3) is 11.8 Å². The Balaban J connectivity index is 2.21. The highest BCUT2D eigenvalue weighted by molar-refractivity contribution is 7.18. The van der Waals surface area contributed by atoms with Crippen molar-refractivity contribution in [2.45, 2.75) is 45.6 Å². The number of thiophene rings is 1. The van der Waals surface area contributed by atoms with Crippen LogP contribution in [-0.2, 0) is 9.53 Å². The van der Waals surface area contributed by atoms with Gasteiger partial charge in [0, 0.05) is 0 Å². The highest BCUT2D eigenvalue weighted by Gasteiger charge is 2.34. The summed E-state index contributed by atoms with van der Waals surface area (Å²) >= 11 is 1.02. The molecule has 0 spiro atoms. The third-order valence-electron chi connectivity index (χ3n) is 4.97. The highest BCUT2D eigenvalue weighted by atomic mass is 32.1. The Labute approximate surface area is 158 Å². The molecule has 0 aliphatic heterocycles. The van der Waals surface area contributed by atoms with Crippen molar-refractivity contribution < 1.29 is 23.6 Å². The smallest absolute Gasteiger partial charge is 0.341 e. The molecule has 1 saturated carbocycles. The van der Waals surface area contributed by atoms with Crippen LogP contribution in [-0.4, -0.2) is 55.6 Å². The van der Waals surface area contributed by atoms with E-state index >= 15 is 0 Å². The Kier molecular flexibility index (Phi) is 6.41. The molecule has 1 heterocycles. The second-order valence-electron chi connectivity index (χ2n) is 7.27. The van der Waals surface area contributed by atoms with Gasteiger partial charge in [-0.15, -0.1) is 11.3 Å². The van der Waals surface area contributed by atoms with Gasteiger partial charge < -0.3 is 20.3 Å². The lowest BCUT2D eigenvalue weighted by Crippen LogP contribution is -2.51. The monoisotopic (exact) mass is 382 g/mol. The average Bonchev–Trinajstić information content (AvgIpc) is 3.15. The van der Waals surface area contributed by atoms with Crippen LogP contribution in [0.25, 0.3) is 0 Å². The van der Waals surface area contributed by atoms with Gasteiger partial charge in [0.2, 0.25) is 0 Å². The van der Waals surface area contributed by atoms with Gasteiger partial charge in [0.05, 0.1) is 37.2 Å². The molecule has 7 nitrogen and oxygen atoms in total. The van der Waals surface area contributed by atoms with Gasteiger partial charge in [-0.3, -0.25) is 9.59 Å². The maximum Gasteiger partial charge on any atom is 0.341 e. The van der Waals surface area contributed by atoms with E-state index in [0.29, 0.717) is 27.6 Å². The molecule has 0 atom stereocenters. The van der Waals surface area contributed by atoms with Crippen LogP contribution in [0.4, 0.5) is 5.00 Å². The van der Waals surface area contributed by atoms with Crippen LogP contribution in [0.3, 0.4) is 0 Å². The topological polar surface area (TPSA) is 98.5 Å². The van der Waals surface area contributed by atoms with Crippen molar-refractivity contribution in [1.29, 1.82) is 0 Å². The number of ether oxygens (including phenoxy) is 1. The molecular weight excluding hydrogens is 354 g/mol. The van der Waals surface area contributed by atoms with Crippen molar-refractivity contribution in [3.8, 4) is 0 Å². The molecule has 1 aliphatic rings. The number of nitrogens with zero attached hydrogens (tertiary/aromatic N) is 1. The van der Waals surface area contributed by atoms with Crippen molar-refractivity contribution in [1.82, 2.24) is 0 Å². The zero-order valence-electron chi connectivity index (χ0n) is 15.9. The number of amides is 2. The molecule has 1 aromatic heterocycles. The first-order chi connectivity index (χ1) is 12.2. The fraction of sp³-hybridized carbons (Fsp3) is 0.611. The van der Waals surface area contributed by atoms with Gasteiger partial charge in [-0.25, -0.2) is 4.79 Å². The van der Waals surface area contributed by atoms with Gasteiger partial charge in [-0.2, -0.15) is 0 Å². The fourth-order valence-electron chi connectivity index (χ4n) is 3.55. The highest BCUT2D eigenvalue weighted by Crippen LogP contribution is 2.34. The van der Waals surface area contributed by atoms with Gasteiger partial charge in [-0.05, 0) is 45.1 Å². The van der Waals surface area contributed by atoms with Crippen molar-refractivity contribution in [3.63, 3.8) is 0 Å². The van der Waals surface area contributed by atoms with E-state index in [1.165, 1.54) is 12.8 Å². The Bertz CT molecular complexity index is 706. The summed E-state index contributed by atoms with van der Waals surface area (Å²) in [7, 11) is 4.10. The first-order valence-electron chi connectivity index (χ1n) is 8.90. The molecule has 3 N–H and O–H groups in total. The fourth-order valence-corrected chi connectivity index (χ4v) is 4.62. The number of nitrogens with two attached hydrogens (primary N) is 1. The molecule has 144 valence electrons. The van der Waals surface area contributed by atoms with Crippen LogP contribution < -0.4 is 11.1 Å². The lowest BCUT2D eigenvalue weighted by molar-refractivity contribution is -0.906. The number of nitrogens with one attached hydrogen (secondary N) is 1. The van der Waals surface area contributed by atoms with Crippen LogP contribution in [0.1, 0.15) is 58.2 Å². The lowest BCUT2D eigenvalue weighted by Gasteiger charge is -2.35. The molecule has 0 aromatic carbocycles. The molecule has 0 saturated heterocycles. The largest absolute Gasteiger partial charge is 0.462 e. The van der Waals surface area contributed by atoms with Crippen LogP contribution >= 0.6 is 11.3 Å². The van der Waals surface area contributed by atoms with E-state index in [4.69, 9.17) is 10.5 Å². The Hall–Kier alpha value is -1.93. The number of quaternary nitrogens is 1. The Morgan fingerprint density at radius 2 is 1.88 bits per heavy atom. The van der Waals surface area contributed by atoms with Crippen LogP contribution in [0.5, 0.6) is 0 Å². The molecule has 1 aromatic rings. The zero-order chi connectivity index (χ0) is 19.5. The second kappa shape index (κ2) is 8.18. The Morgan fingerprint density at radius 1 is 1.27 bits per heavy atom. The summed E-state index contributed by atoms with van der Waals surface area (Å²) in [5.74, 6) is -1.38. The summed E-state index contributed by atoms with van der Waals surface area (Å²) < 4.78 is 5.67. The number of anilines is 1.